The van der Waals surface area contributed by atoms with E-state index in [9.17, 15) is 29.3 Å². The third-order valence-corrected chi connectivity index (χ3v) is 11.0. The number of nitro benzene ring substituents is 1. The fourth-order valence-corrected chi connectivity index (χ4v) is 7.60. The zero-order valence-corrected chi connectivity index (χ0v) is 34.8. The first-order valence-electron chi connectivity index (χ1n) is 20.9. The number of ether oxygens (including phenoxy) is 2. The highest BCUT2D eigenvalue weighted by molar-refractivity contribution is 5.95. The molecule has 6 rings (SSSR count). The molecule has 4 aromatic rings. The number of carbonyl (C=O) groups is 4. The average Bonchev–Trinajstić information content (AvgIpc) is 3.29. The Morgan fingerprint density at radius 3 is 2.21 bits per heavy atom. The van der Waals surface area contributed by atoms with Gasteiger partial charge >= 0.3 is 12.0 Å². The maximum atomic E-state index is 14.5. The summed E-state index contributed by atoms with van der Waals surface area (Å²) in [6.07, 6.45) is 1.93. The Bertz CT molecular complexity index is 2140. The van der Waals surface area contributed by atoms with Crippen LogP contribution in [0.3, 0.4) is 0 Å². The van der Waals surface area contributed by atoms with Crippen LogP contribution in [-0.4, -0.2) is 95.9 Å². The van der Waals surface area contributed by atoms with E-state index in [2.05, 4.69) is 22.5 Å². The second-order valence-electron chi connectivity index (χ2n) is 15.1. The monoisotopic (exact) mass is 830 g/mol. The Kier molecular flexibility index (Phi) is 15.8. The molecule has 320 valence electrons. The van der Waals surface area contributed by atoms with Gasteiger partial charge in [0, 0.05) is 63.5 Å². The van der Waals surface area contributed by atoms with Gasteiger partial charge in [-0.3, -0.25) is 29.5 Å². The molecule has 14 heteroatoms. The van der Waals surface area contributed by atoms with Crippen LogP contribution in [0.25, 0.3) is 11.1 Å². The third kappa shape index (κ3) is 11.7. The fraction of sp³-hybridized carbons (Fsp3) is 0.362. The number of nitro groups is 1. The summed E-state index contributed by atoms with van der Waals surface area (Å²) in [5, 5.41) is 17.3. The number of unbranched alkanes of at least 4 members (excludes halogenated alkanes) is 1. The molecule has 0 radical (unpaired) electrons. The summed E-state index contributed by atoms with van der Waals surface area (Å²) in [6, 6.07) is 30.2. The van der Waals surface area contributed by atoms with Gasteiger partial charge in [0.15, 0.2) is 0 Å². The van der Waals surface area contributed by atoms with Gasteiger partial charge in [-0.25, -0.2) is 9.59 Å². The van der Waals surface area contributed by atoms with Gasteiger partial charge in [-0.05, 0) is 59.7 Å². The highest BCUT2D eigenvalue weighted by Gasteiger charge is 2.37. The summed E-state index contributed by atoms with van der Waals surface area (Å²) < 4.78 is 11.3. The van der Waals surface area contributed by atoms with Gasteiger partial charge in [0.05, 0.1) is 29.8 Å². The lowest BCUT2D eigenvalue weighted by Crippen LogP contribution is -2.49. The van der Waals surface area contributed by atoms with Crippen LogP contribution in [-0.2, 0) is 30.5 Å². The van der Waals surface area contributed by atoms with Crippen molar-refractivity contribution in [3.8, 4) is 11.1 Å². The summed E-state index contributed by atoms with van der Waals surface area (Å²) in [5.74, 6) is -1.17. The van der Waals surface area contributed by atoms with Crippen molar-refractivity contribution in [1.82, 2.24) is 25.3 Å². The number of nitrogens with one attached hydrogen (secondary N) is 2. The van der Waals surface area contributed by atoms with Crippen LogP contribution in [0, 0.1) is 10.1 Å². The van der Waals surface area contributed by atoms with Crippen molar-refractivity contribution in [3.05, 3.63) is 147 Å². The molecule has 4 amide bonds. The van der Waals surface area contributed by atoms with Crippen LogP contribution in [0.1, 0.15) is 68.3 Å². The van der Waals surface area contributed by atoms with E-state index in [0.29, 0.717) is 62.8 Å². The van der Waals surface area contributed by atoms with Crippen LogP contribution in [0.5, 0.6) is 0 Å². The van der Waals surface area contributed by atoms with Crippen LogP contribution in [0.15, 0.2) is 120 Å². The van der Waals surface area contributed by atoms with Crippen LogP contribution >= 0.6 is 0 Å². The van der Waals surface area contributed by atoms with E-state index < -0.39 is 29.0 Å². The standard InChI is InChI=1S/C47H54N6O8/c1-3-4-25-48-45(55)44(39-19-17-37(18-20-39)36-14-9-6-10-15-36)52(28-27-50-29-31-60-32-30-50)41(54)16-11-26-51-34(2)42(46(56)61-33-35-12-7-5-8-13-35)43(49-47(51)57)38-21-23-40(24-22-38)53(58)59/h5-10,12-15,17-24,43-44H,3-4,11,16,25-33H2,1-2H3,(H,48,55)(H,49,57). The molecule has 1 fully saturated rings. The van der Waals surface area contributed by atoms with Crippen molar-refractivity contribution >= 4 is 29.5 Å². The zero-order chi connectivity index (χ0) is 43.1. The number of amides is 4. The number of nitrogens with zero attached hydrogens (tertiary/aromatic N) is 4. The van der Waals surface area contributed by atoms with Gasteiger partial charge in [-0.15, -0.1) is 0 Å². The molecule has 0 bridgehead atoms. The van der Waals surface area contributed by atoms with Crippen molar-refractivity contribution in [2.75, 3.05) is 52.5 Å². The molecule has 0 aromatic heterocycles. The molecule has 2 N–H and O–H groups in total. The van der Waals surface area contributed by atoms with Crippen molar-refractivity contribution in [2.24, 2.45) is 0 Å². The number of carbonyl (C=O) groups excluding carboxylic acids is 4. The molecule has 2 unspecified atom stereocenters. The molecule has 0 aliphatic carbocycles. The summed E-state index contributed by atoms with van der Waals surface area (Å²) >= 11 is 0. The normalized spacial score (nSPS) is 16.1. The number of benzene rings is 4. The Morgan fingerprint density at radius 2 is 1.56 bits per heavy atom. The quantitative estimate of drug-likeness (QED) is 0.0441. The van der Waals surface area contributed by atoms with E-state index in [4.69, 9.17) is 9.47 Å². The molecule has 0 saturated carbocycles. The highest BCUT2D eigenvalue weighted by Crippen LogP contribution is 2.33. The van der Waals surface area contributed by atoms with Crippen molar-refractivity contribution in [3.63, 3.8) is 0 Å². The van der Waals surface area contributed by atoms with Crippen molar-refractivity contribution < 1.29 is 33.6 Å². The van der Waals surface area contributed by atoms with Crippen LogP contribution in [0.2, 0.25) is 0 Å². The van der Waals surface area contributed by atoms with E-state index in [-0.39, 0.29) is 49.1 Å². The molecule has 1 saturated heterocycles. The topological polar surface area (TPSA) is 164 Å². The SMILES string of the molecule is CCCCNC(=O)C(c1ccc(-c2ccccc2)cc1)N(CCN1CCOCC1)C(=O)CCCN1C(=O)NC(c2ccc([N+](=O)[O-])cc2)C(C(=O)OCc2ccccc2)=C1C. The first-order chi connectivity index (χ1) is 29.6. The van der Waals surface area contributed by atoms with Gasteiger partial charge in [0.2, 0.25) is 11.8 Å². The number of hydrogen-bond acceptors (Lipinski definition) is 9. The van der Waals surface area contributed by atoms with E-state index in [1.807, 2.05) is 84.9 Å². The number of hydrogen-bond donors (Lipinski definition) is 2. The minimum Gasteiger partial charge on any atom is -0.457 e. The maximum absolute atomic E-state index is 14.5. The minimum absolute atomic E-state index is 0.00561. The molecule has 14 nitrogen and oxygen atoms in total. The third-order valence-electron chi connectivity index (χ3n) is 11.0. The Morgan fingerprint density at radius 1 is 0.902 bits per heavy atom. The van der Waals surface area contributed by atoms with Crippen molar-refractivity contribution in [2.45, 2.75) is 58.2 Å². The van der Waals surface area contributed by atoms with Gasteiger partial charge < -0.3 is 25.0 Å². The second-order valence-corrected chi connectivity index (χ2v) is 15.1. The largest absolute Gasteiger partial charge is 0.457 e. The summed E-state index contributed by atoms with van der Waals surface area (Å²) in [5.41, 5.74) is 4.34. The summed E-state index contributed by atoms with van der Waals surface area (Å²) in [7, 11) is 0. The number of rotatable bonds is 19. The Balaban J connectivity index is 1.25. The lowest BCUT2D eigenvalue weighted by atomic mass is 9.94. The Labute approximate surface area is 356 Å². The smallest absolute Gasteiger partial charge is 0.338 e. The molecule has 2 heterocycles. The van der Waals surface area contributed by atoms with E-state index in [0.717, 1.165) is 29.5 Å². The number of urea groups is 1. The molecular formula is C47H54N6O8. The van der Waals surface area contributed by atoms with E-state index in [1.54, 1.807) is 11.8 Å². The lowest BCUT2D eigenvalue weighted by Gasteiger charge is -2.36. The van der Waals surface area contributed by atoms with Gasteiger partial charge in [0.1, 0.15) is 12.6 Å². The zero-order valence-electron chi connectivity index (χ0n) is 34.8. The first kappa shape index (κ1) is 44.2. The number of morpholine rings is 1. The van der Waals surface area contributed by atoms with Crippen LogP contribution in [0.4, 0.5) is 10.5 Å². The molecule has 2 aliphatic rings. The predicted molar refractivity (Wildman–Crippen MR) is 231 cm³/mol. The summed E-state index contributed by atoms with van der Waals surface area (Å²) in [4.78, 5) is 72.5. The number of non-ortho nitro benzene ring substituents is 1. The van der Waals surface area contributed by atoms with Crippen LogP contribution < -0.4 is 10.6 Å². The van der Waals surface area contributed by atoms with Gasteiger partial charge in [-0.1, -0.05) is 98.3 Å². The summed E-state index contributed by atoms with van der Waals surface area (Å²) in [6.45, 7) is 7.72. The second kappa shape index (κ2) is 21.7. The molecule has 4 aromatic carbocycles. The highest BCUT2D eigenvalue weighted by atomic mass is 16.6. The maximum Gasteiger partial charge on any atom is 0.338 e. The molecule has 2 atom stereocenters. The van der Waals surface area contributed by atoms with E-state index >= 15 is 0 Å². The molecule has 61 heavy (non-hydrogen) atoms. The number of allylic oxidation sites excluding steroid dienone is 1. The van der Waals surface area contributed by atoms with Gasteiger partial charge in [-0.2, -0.15) is 0 Å². The number of esters is 1. The predicted octanol–water partition coefficient (Wildman–Crippen LogP) is 6.94. The van der Waals surface area contributed by atoms with Gasteiger partial charge in [0.25, 0.3) is 5.69 Å². The minimum atomic E-state index is -0.939. The van der Waals surface area contributed by atoms with Crippen molar-refractivity contribution in [1.29, 1.82) is 0 Å². The van der Waals surface area contributed by atoms with E-state index in [1.165, 1.54) is 29.2 Å². The fourth-order valence-electron chi connectivity index (χ4n) is 7.60. The lowest BCUT2D eigenvalue weighted by molar-refractivity contribution is -0.384. The first-order valence-corrected chi connectivity index (χ1v) is 20.9. The molecular weight excluding hydrogens is 777 g/mol. The Hall–Kier alpha value is -6.38. The molecule has 2 aliphatic heterocycles. The average molecular weight is 831 g/mol. The molecule has 0 spiro atoms.